The van der Waals surface area contributed by atoms with E-state index in [1.165, 1.54) is 0 Å². The molecule has 1 amide bonds. The quantitative estimate of drug-likeness (QED) is 0.911. The molecule has 1 atom stereocenters. The van der Waals surface area contributed by atoms with Crippen LogP contribution >= 0.6 is 0 Å². The molecule has 1 aliphatic rings. The van der Waals surface area contributed by atoms with E-state index in [1.54, 1.807) is 11.8 Å². The Kier molecular flexibility index (Phi) is 2.97. The molecule has 5 heteroatoms. The van der Waals surface area contributed by atoms with Crippen LogP contribution in [-0.4, -0.2) is 22.8 Å². The van der Waals surface area contributed by atoms with E-state index >= 15 is 0 Å². The number of nitrogens with zero attached hydrogens (tertiary/aromatic N) is 2. The molecule has 3 rings (SSSR count). The minimum absolute atomic E-state index is 0.0106. The van der Waals surface area contributed by atoms with Crippen molar-refractivity contribution in [3.8, 4) is 5.75 Å². The molecule has 0 spiro atoms. The van der Waals surface area contributed by atoms with Gasteiger partial charge in [-0.05, 0) is 13.0 Å². The molecular formula is C15H17N3O2. The highest BCUT2D eigenvalue weighted by Gasteiger charge is 2.32. The van der Waals surface area contributed by atoms with Crippen molar-refractivity contribution < 1.29 is 9.53 Å². The number of ether oxygens (including phenoxy) is 1. The second-order valence-corrected chi connectivity index (χ2v) is 5.02. The summed E-state index contributed by atoms with van der Waals surface area (Å²) in [5, 5.41) is 7.33. The van der Waals surface area contributed by atoms with Crippen molar-refractivity contribution in [2.75, 3.05) is 12.4 Å². The average Bonchev–Trinajstić information content (AvgIpc) is 2.73. The standard InChI is InChI=1S/C15H17N3O2/c1-9-14-11(10-6-4-5-7-12(10)20-3)8-13(19)16-15(14)18(2)17-9/h4-7,11H,8H2,1-3H3,(H,16,19)/t11-/m1/s1. The normalized spacial score (nSPS) is 17.6. The van der Waals surface area contributed by atoms with Crippen LogP contribution < -0.4 is 10.1 Å². The van der Waals surface area contributed by atoms with Gasteiger partial charge in [-0.3, -0.25) is 9.48 Å². The lowest BCUT2D eigenvalue weighted by molar-refractivity contribution is -0.116. The SMILES string of the molecule is COc1ccccc1[C@H]1CC(=O)Nc2c1c(C)nn2C. The summed E-state index contributed by atoms with van der Waals surface area (Å²) in [6.07, 6.45) is 0.417. The maximum Gasteiger partial charge on any atom is 0.226 e. The number of benzene rings is 1. The third kappa shape index (κ3) is 1.86. The summed E-state index contributed by atoms with van der Waals surface area (Å²) in [6, 6.07) is 7.84. The summed E-state index contributed by atoms with van der Waals surface area (Å²) < 4.78 is 7.16. The number of hydrogen-bond acceptors (Lipinski definition) is 3. The predicted molar refractivity (Wildman–Crippen MR) is 76.0 cm³/mol. The van der Waals surface area contributed by atoms with Crippen LogP contribution in [0.15, 0.2) is 24.3 Å². The molecule has 0 aliphatic carbocycles. The zero-order chi connectivity index (χ0) is 14.3. The fourth-order valence-electron chi connectivity index (χ4n) is 2.93. The van der Waals surface area contributed by atoms with Crippen molar-refractivity contribution in [2.45, 2.75) is 19.3 Å². The molecule has 0 saturated carbocycles. The fourth-order valence-corrected chi connectivity index (χ4v) is 2.93. The lowest BCUT2D eigenvalue weighted by Crippen LogP contribution is -2.24. The zero-order valence-electron chi connectivity index (χ0n) is 11.8. The number of carbonyl (C=O) groups is 1. The van der Waals surface area contributed by atoms with Crippen LogP contribution in [0.4, 0.5) is 5.82 Å². The summed E-state index contributed by atoms with van der Waals surface area (Å²) >= 11 is 0. The van der Waals surface area contributed by atoms with E-state index in [0.29, 0.717) is 6.42 Å². The molecule has 0 saturated heterocycles. The van der Waals surface area contributed by atoms with Gasteiger partial charge in [-0.1, -0.05) is 18.2 Å². The number of aromatic nitrogens is 2. The monoisotopic (exact) mass is 271 g/mol. The molecule has 1 aromatic heterocycles. The van der Waals surface area contributed by atoms with E-state index in [9.17, 15) is 4.79 Å². The topological polar surface area (TPSA) is 56.1 Å². The van der Waals surface area contributed by atoms with Gasteiger partial charge in [0.1, 0.15) is 11.6 Å². The van der Waals surface area contributed by atoms with Gasteiger partial charge in [-0.25, -0.2) is 0 Å². The molecule has 20 heavy (non-hydrogen) atoms. The Morgan fingerprint density at radius 1 is 1.40 bits per heavy atom. The van der Waals surface area contributed by atoms with Gasteiger partial charge in [0.05, 0.1) is 12.8 Å². The number of fused-ring (bicyclic) bond motifs is 1. The number of aryl methyl sites for hydroxylation is 2. The minimum Gasteiger partial charge on any atom is -0.496 e. The fraction of sp³-hybridized carbons (Fsp3) is 0.333. The average molecular weight is 271 g/mol. The van der Waals surface area contributed by atoms with Crippen molar-refractivity contribution in [2.24, 2.45) is 7.05 Å². The van der Waals surface area contributed by atoms with Crippen molar-refractivity contribution in [3.05, 3.63) is 41.1 Å². The number of anilines is 1. The Balaban J connectivity index is 2.18. The first-order valence-electron chi connectivity index (χ1n) is 6.58. The number of methoxy groups -OCH3 is 1. The molecule has 0 radical (unpaired) electrons. The second-order valence-electron chi connectivity index (χ2n) is 5.02. The van der Waals surface area contributed by atoms with Crippen LogP contribution in [0.2, 0.25) is 0 Å². The molecule has 5 nitrogen and oxygen atoms in total. The highest BCUT2D eigenvalue weighted by atomic mass is 16.5. The molecular weight excluding hydrogens is 254 g/mol. The Labute approximate surface area is 117 Å². The Bertz CT molecular complexity index is 676. The molecule has 1 aromatic carbocycles. The lowest BCUT2D eigenvalue weighted by atomic mass is 9.85. The molecule has 1 N–H and O–H groups in total. The smallest absolute Gasteiger partial charge is 0.226 e. The number of hydrogen-bond donors (Lipinski definition) is 1. The van der Waals surface area contributed by atoms with Gasteiger partial charge in [0.2, 0.25) is 5.91 Å². The molecule has 2 heterocycles. The van der Waals surface area contributed by atoms with E-state index in [4.69, 9.17) is 4.74 Å². The maximum atomic E-state index is 12.0. The minimum atomic E-state index is -0.0106. The molecule has 1 aliphatic heterocycles. The molecule has 0 unspecified atom stereocenters. The first kappa shape index (κ1) is 12.7. The van der Waals surface area contributed by atoms with Gasteiger partial charge in [-0.15, -0.1) is 0 Å². The Morgan fingerprint density at radius 2 is 2.15 bits per heavy atom. The van der Waals surface area contributed by atoms with Crippen LogP contribution in [-0.2, 0) is 11.8 Å². The van der Waals surface area contributed by atoms with Gasteiger partial charge in [0.15, 0.2) is 0 Å². The van der Waals surface area contributed by atoms with Gasteiger partial charge < -0.3 is 10.1 Å². The van der Waals surface area contributed by atoms with E-state index in [2.05, 4.69) is 10.4 Å². The van der Waals surface area contributed by atoms with Crippen molar-refractivity contribution in [1.29, 1.82) is 0 Å². The Hall–Kier alpha value is -2.30. The first-order valence-corrected chi connectivity index (χ1v) is 6.58. The zero-order valence-corrected chi connectivity index (χ0v) is 11.8. The molecule has 0 bridgehead atoms. The number of carbonyl (C=O) groups excluding carboxylic acids is 1. The maximum absolute atomic E-state index is 12.0. The lowest BCUT2D eigenvalue weighted by Gasteiger charge is -2.25. The number of nitrogens with one attached hydrogen (secondary N) is 1. The van der Waals surface area contributed by atoms with Gasteiger partial charge >= 0.3 is 0 Å². The van der Waals surface area contributed by atoms with Crippen LogP contribution in [0.25, 0.3) is 0 Å². The van der Waals surface area contributed by atoms with Crippen molar-refractivity contribution in [1.82, 2.24) is 9.78 Å². The molecule has 2 aromatic rings. The first-order chi connectivity index (χ1) is 9.61. The highest BCUT2D eigenvalue weighted by molar-refractivity contribution is 5.94. The largest absolute Gasteiger partial charge is 0.496 e. The number of para-hydroxylation sites is 1. The molecule has 104 valence electrons. The summed E-state index contributed by atoms with van der Waals surface area (Å²) in [5.41, 5.74) is 3.05. The van der Waals surface area contributed by atoms with Crippen LogP contribution in [0, 0.1) is 6.92 Å². The van der Waals surface area contributed by atoms with Crippen LogP contribution in [0.3, 0.4) is 0 Å². The number of amides is 1. The summed E-state index contributed by atoms with van der Waals surface area (Å²) in [5.74, 6) is 1.59. The summed E-state index contributed by atoms with van der Waals surface area (Å²) in [4.78, 5) is 12.0. The Morgan fingerprint density at radius 3 is 2.90 bits per heavy atom. The van der Waals surface area contributed by atoms with Crippen LogP contribution in [0.5, 0.6) is 5.75 Å². The van der Waals surface area contributed by atoms with E-state index in [1.807, 2.05) is 38.2 Å². The number of rotatable bonds is 2. The van der Waals surface area contributed by atoms with Gasteiger partial charge in [-0.2, -0.15) is 5.10 Å². The summed E-state index contributed by atoms with van der Waals surface area (Å²) in [7, 11) is 3.50. The predicted octanol–water partition coefficient (Wildman–Crippen LogP) is 2.21. The van der Waals surface area contributed by atoms with Crippen molar-refractivity contribution in [3.63, 3.8) is 0 Å². The highest BCUT2D eigenvalue weighted by Crippen LogP contribution is 2.41. The summed E-state index contributed by atoms with van der Waals surface area (Å²) in [6.45, 7) is 1.97. The van der Waals surface area contributed by atoms with E-state index in [-0.39, 0.29) is 11.8 Å². The van der Waals surface area contributed by atoms with E-state index in [0.717, 1.165) is 28.4 Å². The van der Waals surface area contributed by atoms with Gasteiger partial charge in [0.25, 0.3) is 0 Å². The second kappa shape index (κ2) is 4.67. The third-order valence-electron chi connectivity index (χ3n) is 3.78. The third-order valence-corrected chi connectivity index (χ3v) is 3.78. The van der Waals surface area contributed by atoms with Gasteiger partial charge in [0, 0.05) is 30.5 Å². The molecule has 0 fully saturated rings. The van der Waals surface area contributed by atoms with Crippen LogP contribution in [0.1, 0.15) is 29.2 Å². The van der Waals surface area contributed by atoms with Crippen molar-refractivity contribution >= 4 is 11.7 Å². The van der Waals surface area contributed by atoms with E-state index < -0.39 is 0 Å².